The number of esters is 1. The smallest absolute Gasteiger partial charge is 0.308 e. The molecule has 1 aliphatic heterocycles. The van der Waals surface area contributed by atoms with E-state index in [0.29, 0.717) is 42.1 Å². The second-order valence-electron chi connectivity index (χ2n) is 8.74. The fourth-order valence-electron chi connectivity index (χ4n) is 3.96. The van der Waals surface area contributed by atoms with Gasteiger partial charge in [0.25, 0.3) is 5.91 Å². The van der Waals surface area contributed by atoms with Crippen LogP contribution in [-0.2, 0) is 14.3 Å². The molecule has 1 aromatic rings. The lowest BCUT2D eigenvalue weighted by atomic mass is 10.1. The van der Waals surface area contributed by atoms with E-state index in [1.807, 2.05) is 6.92 Å². The van der Waals surface area contributed by atoms with Crippen molar-refractivity contribution < 1.29 is 23.9 Å². The number of carbonyl (C=O) groups is 3. The molecule has 2 N–H and O–H groups in total. The molecule has 1 aromatic carbocycles. The first-order valence-electron chi connectivity index (χ1n) is 12.8. The van der Waals surface area contributed by atoms with Crippen molar-refractivity contribution >= 4 is 51.0 Å². The first-order valence-corrected chi connectivity index (χ1v) is 14.0. The van der Waals surface area contributed by atoms with E-state index in [4.69, 9.17) is 21.7 Å². The Balaban J connectivity index is 1.82. The SMILES string of the molecule is CCCCCCCCCCOC(=O)CC1C(=O)NCCN1C(=S)NC(=O)c1ccc(OCC)c(Br)c1. The number of benzene rings is 1. The van der Waals surface area contributed by atoms with Crippen LogP contribution in [0.4, 0.5) is 0 Å². The molecule has 200 valence electrons. The zero-order valence-electron chi connectivity index (χ0n) is 21.3. The molecule has 0 aromatic heterocycles. The largest absolute Gasteiger partial charge is 0.493 e. The van der Waals surface area contributed by atoms with Crippen LogP contribution < -0.4 is 15.4 Å². The van der Waals surface area contributed by atoms with Gasteiger partial charge in [-0.25, -0.2) is 0 Å². The topological polar surface area (TPSA) is 97.0 Å². The third-order valence-electron chi connectivity index (χ3n) is 5.93. The third kappa shape index (κ3) is 10.0. The second kappa shape index (κ2) is 16.5. The molecule has 2 amide bonds. The molecule has 1 unspecified atom stereocenters. The summed E-state index contributed by atoms with van der Waals surface area (Å²) in [5.41, 5.74) is 0.385. The van der Waals surface area contributed by atoms with Crippen LogP contribution in [0.5, 0.6) is 5.75 Å². The summed E-state index contributed by atoms with van der Waals surface area (Å²) in [5, 5.41) is 5.53. The van der Waals surface area contributed by atoms with Gasteiger partial charge < -0.3 is 19.7 Å². The van der Waals surface area contributed by atoms with Crippen LogP contribution in [0, 0.1) is 0 Å². The number of nitrogens with one attached hydrogen (secondary N) is 2. The molecule has 0 bridgehead atoms. The molecule has 10 heteroatoms. The number of halogens is 1. The minimum atomic E-state index is -0.829. The predicted octanol–water partition coefficient (Wildman–Crippen LogP) is 4.74. The third-order valence-corrected chi connectivity index (χ3v) is 6.88. The molecule has 0 aliphatic carbocycles. The van der Waals surface area contributed by atoms with Crippen molar-refractivity contribution in [2.24, 2.45) is 0 Å². The maximum Gasteiger partial charge on any atom is 0.308 e. The van der Waals surface area contributed by atoms with Crippen LogP contribution >= 0.6 is 28.1 Å². The Morgan fingerprint density at radius 1 is 1.14 bits per heavy atom. The van der Waals surface area contributed by atoms with Gasteiger partial charge in [0.05, 0.1) is 24.1 Å². The van der Waals surface area contributed by atoms with Gasteiger partial charge in [-0.1, -0.05) is 51.9 Å². The maximum absolute atomic E-state index is 12.8. The van der Waals surface area contributed by atoms with Gasteiger partial charge in [0, 0.05) is 18.7 Å². The highest BCUT2D eigenvalue weighted by molar-refractivity contribution is 9.10. The van der Waals surface area contributed by atoms with Crippen LogP contribution in [-0.4, -0.2) is 60.1 Å². The van der Waals surface area contributed by atoms with Crippen LogP contribution in [0.15, 0.2) is 22.7 Å². The molecule has 1 atom stereocenters. The summed E-state index contributed by atoms with van der Waals surface area (Å²) in [6.07, 6.45) is 9.12. The van der Waals surface area contributed by atoms with Gasteiger partial charge in [0.1, 0.15) is 11.8 Å². The summed E-state index contributed by atoms with van der Waals surface area (Å²) < 4.78 is 11.5. The Bertz CT molecular complexity index is 898. The van der Waals surface area contributed by atoms with E-state index in [9.17, 15) is 14.4 Å². The number of thiocarbonyl (C=S) groups is 1. The van der Waals surface area contributed by atoms with Crippen molar-refractivity contribution in [3.63, 3.8) is 0 Å². The summed E-state index contributed by atoms with van der Waals surface area (Å²) in [6, 6.07) is 4.15. The molecular weight excluding hydrogens is 546 g/mol. The number of unbranched alkanes of at least 4 members (excludes halogenated alkanes) is 7. The first-order chi connectivity index (χ1) is 17.4. The van der Waals surface area contributed by atoms with Crippen molar-refractivity contribution in [3.05, 3.63) is 28.2 Å². The minimum Gasteiger partial charge on any atom is -0.493 e. The summed E-state index contributed by atoms with van der Waals surface area (Å²) in [6.45, 7) is 5.69. The highest BCUT2D eigenvalue weighted by Crippen LogP contribution is 2.26. The van der Waals surface area contributed by atoms with E-state index in [-0.39, 0.29) is 17.4 Å². The molecule has 0 spiro atoms. The Morgan fingerprint density at radius 3 is 2.50 bits per heavy atom. The van der Waals surface area contributed by atoms with Crippen LogP contribution in [0.2, 0.25) is 0 Å². The zero-order valence-corrected chi connectivity index (χ0v) is 23.7. The van der Waals surface area contributed by atoms with Gasteiger partial charge in [-0.3, -0.25) is 19.7 Å². The average Bonchev–Trinajstić information content (AvgIpc) is 2.85. The molecule has 2 rings (SSSR count). The number of amides is 2. The lowest BCUT2D eigenvalue weighted by Gasteiger charge is -2.36. The van der Waals surface area contributed by atoms with Crippen LogP contribution in [0.1, 0.15) is 82.0 Å². The Hall–Kier alpha value is -2.20. The van der Waals surface area contributed by atoms with E-state index in [2.05, 4.69) is 33.5 Å². The molecule has 0 radical (unpaired) electrons. The minimum absolute atomic E-state index is 0.0979. The van der Waals surface area contributed by atoms with E-state index in [0.717, 1.165) is 19.3 Å². The summed E-state index contributed by atoms with van der Waals surface area (Å²) in [7, 11) is 0. The Labute approximate surface area is 228 Å². The summed E-state index contributed by atoms with van der Waals surface area (Å²) in [5.74, 6) is -0.541. The van der Waals surface area contributed by atoms with Gasteiger partial charge in [0.2, 0.25) is 5.91 Å². The Morgan fingerprint density at radius 2 is 1.83 bits per heavy atom. The molecule has 36 heavy (non-hydrogen) atoms. The number of hydrogen-bond donors (Lipinski definition) is 2. The van der Waals surface area contributed by atoms with E-state index in [1.54, 1.807) is 23.1 Å². The number of ether oxygens (including phenoxy) is 2. The quantitative estimate of drug-likeness (QED) is 0.185. The normalized spacial score (nSPS) is 15.2. The van der Waals surface area contributed by atoms with E-state index >= 15 is 0 Å². The van der Waals surface area contributed by atoms with Crippen LogP contribution in [0.3, 0.4) is 0 Å². The van der Waals surface area contributed by atoms with Crippen molar-refractivity contribution in [1.29, 1.82) is 0 Å². The highest BCUT2D eigenvalue weighted by atomic mass is 79.9. The maximum atomic E-state index is 12.8. The molecule has 1 heterocycles. The standard InChI is InChI=1S/C26H38BrN3O5S/c1-3-5-6-7-8-9-10-11-16-35-23(31)18-21-25(33)28-14-15-30(21)26(36)29-24(32)19-12-13-22(34-4-2)20(27)17-19/h12-13,17,21H,3-11,14-16,18H2,1-2H3,(H,28,33)(H,29,32,36). The predicted molar refractivity (Wildman–Crippen MR) is 147 cm³/mol. The zero-order chi connectivity index (χ0) is 26.3. The van der Waals surface area contributed by atoms with Gasteiger partial charge in [-0.2, -0.15) is 0 Å². The van der Waals surface area contributed by atoms with Gasteiger partial charge >= 0.3 is 5.97 Å². The number of hydrogen-bond acceptors (Lipinski definition) is 6. The lowest BCUT2D eigenvalue weighted by Crippen LogP contribution is -2.60. The molecule has 8 nitrogen and oxygen atoms in total. The first kappa shape index (κ1) is 30.0. The van der Waals surface area contributed by atoms with Gasteiger partial charge in [-0.15, -0.1) is 0 Å². The van der Waals surface area contributed by atoms with Gasteiger partial charge in [-0.05, 0) is 59.7 Å². The highest BCUT2D eigenvalue weighted by Gasteiger charge is 2.34. The number of piperazine rings is 1. The van der Waals surface area contributed by atoms with E-state index < -0.39 is 17.9 Å². The molecule has 1 fully saturated rings. The van der Waals surface area contributed by atoms with E-state index in [1.165, 1.54) is 32.1 Å². The lowest BCUT2D eigenvalue weighted by molar-refractivity contribution is -0.147. The van der Waals surface area contributed by atoms with Crippen molar-refractivity contribution in [2.75, 3.05) is 26.3 Å². The number of nitrogens with zero attached hydrogens (tertiary/aromatic N) is 1. The molecular formula is C26H38BrN3O5S. The Kier molecular flexibility index (Phi) is 13.8. The van der Waals surface area contributed by atoms with Crippen molar-refractivity contribution in [1.82, 2.24) is 15.5 Å². The van der Waals surface area contributed by atoms with Crippen LogP contribution in [0.25, 0.3) is 0 Å². The van der Waals surface area contributed by atoms with Gasteiger partial charge in [0.15, 0.2) is 5.11 Å². The summed E-state index contributed by atoms with van der Waals surface area (Å²) >= 11 is 8.83. The number of rotatable bonds is 14. The van der Waals surface area contributed by atoms with Crippen molar-refractivity contribution in [2.45, 2.75) is 77.7 Å². The molecule has 1 aliphatic rings. The van der Waals surface area contributed by atoms with Crippen molar-refractivity contribution in [3.8, 4) is 5.75 Å². The molecule has 1 saturated heterocycles. The summed E-state index contributed by atoms with van der Waals surface area (Å²) in [4.78, 5) is 39.3. The fourth-order valence-corrected chi connectivity index (χ4v) is 4.76. The average molecular weight is 585 g/mol. The second-order valence-corrected chi connectivity index (χ2v) is 9.98. The molecule has 0 saturated carbocycles. The number of carbonyl (C=O) groups excluding carboxylic acids is 3. The fraction of sp³-hybridized carbons (Fsp3) is 0.615. The monoisotopic (exact) mass is 583 g/mol.